The van der Waals surface area contributed by atoms with Crippen molar-refractivity contribution in [3.8, 4) is 11.4 Å². The van der Waals surface area contributed by atoms with Crippen molar-refractivity contribution in [3.63, 3.8) is 0 Å². The van der Waals surface area contributed by atoms with E-state index in [1.165, 1.54) is 31.4 Å². The molecule has 5 nitrogen and oxygen atoms in total. The molecule has 19 heavy (non-hydrogen) atoms. The largest absolute Gasteiger partial charge is 0.396 e. The molecule has 100 valence electrons. The molecule has 1 heterocycles. The first-order valence-electron chi connectivity index (χ1n) is 6.50. The van der Waals surface area contributed by atoms with Gasteiger partial charge in [0.2, 0.25) is 0 Å². The summed E-state index contributed by atoms with van der Waals surface area (Å²) < 4.78 is 15.3. The maximum atomic E-state index is 13.5. The summed E-state index contributed by atoms with van der Waals surface area (Å²) in [5.74, 6) is 0.766. The molecule has 1 aromatic heterocycles. The predicted octanol–water partition coefficient (Wildman–Crippen LogP) is 2.42. The lowest BCUT2D eigenvalue weighted by atomic mass is 9.80. The molecule has 6 heteroatoms. The van der Waals surface area contributed by atoms with Gasteiger partial charge in [-0.3, -0.25) is 0 Å². The van der Waals surface area contributed by atoms with Crippen LogP contribution in [0, 0.1) is 11.7 Å². The molecular formula is C13H16FN5. The van der Waals surface area contributed by atoms with E-state index in [0.717, 1.165) is 0 Å². The molecule has 1 aromatic carbocycles. The predicted molar refractivity (Wildman–Crippen MR) is 69.7 cm³/mol. The van der Waals surface area contributed by atoms with Gasteiger partial charge in [-0.1, -0.05) is 6.42 Å². The van der Waals surface area contributed by atoms with Crippen molar-refractivity contribution >= 4 is 5.69 Å². The van der Waals surface area contributed by atoms with Crippen molar-refractivity contribution < 1.29 is 4.39 Å². The van der Waals surface area contributed by atoms with Crippen LogP contribution in [0.15, 0.2) is 18.2 Å². The van der Waals surface area contributed by atoms with Crippen LogP contribution in [0.25, 0.3) is 11.4 Å². The van der Waals surface area contributed by atoms with Crippen molar-refractivity contribution in [1.29, 1.82) is 0 Å². The fraction of sp³-hybridized carbons (Fsp3) is 0.462. The van der Waals surface area contributed by atoms with Crippen LogP contribution in [0.1, 0.15) is 32.2 Å². The number of nitrogens with zero attached hydrogens (tertiary/aromatic N) is 4. The molecule has 0 spiro atoms. The Bertz CT molecular complexity index is 590. The lowest BCUT2D eigenvalue weighted by molar-refractivity contribution is 0.210. The van der Waals surface area contributed by atoms with Gasteiger partial charge in [-0.05, 0) is 54.3 Å². The monoisotopic (exact) mass is 261 g/mol. The fourth-order valence-corrected chi connectivity index (χ4v) is 2.45. The zero-order valence-electron chi connectivity index (χ0n) is 10.8. The van der Waals surface area contributed by atoms with Gasteiger partial charge >= 0.3 is 0 Å². The number of nitrogens with two attached hydrogens (primary N) is 1. The lowest BCUT2D eigenvalue weighted by Crippen LogP contribution is -2.24. The van der Waals surface area contributed by atoms with Crippen LogP contribution in [-0.4, -0.2) is 20.2 Å². The van der Waals surface area contributed by atoms with Crippen LogP contribution in [0.4, 0.5) is 10.1 Å². The van der Waals surface area contributed by atoms with Crippen LogP contribution in [-0.2, 0) is 0 Å². The van der Waals surface area contributed by atoms with E-state index in [4.69, 9.17) is 5.73 Å². The molecule has 2 N–H and O–H groups in total. The summed E-state index contributed by atoms with van der Waals surface area (Å²) >= 11 is 0. The van der Waals surface area contributed by atoms with Crippen LogP contribution >= 0.6 is 0 Å². The van der Waals surface area contributed by atoms with E-state index in [1.807, 2.05) is 0 Å². The minimum absolute atomic E-state index is 0.134. The normalized spacial score (nSPS) is 17.2. The first-order chi connectivity index (χ1) is 9.16. The minimum Gasteiger partial charge on any atom is -0.396 e. The van der Waals surface area contributed by atoms with E-state index in [1.54, 1.807) is 10.7 Å². The third kappa shape index (κ3) is 2.07. The highest BCUT2D eigenvalue weighted by Gasteiger charge is 2.28. The van der Waals surface area contributed by atoms with Gasteiger partial charge < -0.3 is 5.73 Å². The van der Waals surface area contributed by atoms with Crippen molar-refractivity contribution in [2.75, 3.05) is 5.73 Å². The molecule has 1 aliphatic rings. The summed E-state index contributed by atoms with van der Waals surface area (Å²) in [5.41, 5.74) is 6.27. The highest BCUT2D eigenvalue weighted by atomic mass is 19.1. The van der Waals surface area contributed by atoms with E-state index in [9.17, 15) is 4.39 Å². The second kappa shape index (κ2) is 4.60. The molecule has 0 radical (unpaired) electrons. The van der Waals surface area contributed by atoms with Crippen molar-refractivity contribution in [1.82, 2.24) is 20.2 Å². The van der Waals surface area contributed by atoms with Gasteiger partial charge in [0.25, 0.3) is 0 Å². The second-order valence-electron chi connectivity index (χ2n) is 5.11. The van der Waals surface area contributed by atoms with Gasteiger partial charge in [0.15, 0.2) is 5.82 Å². The van der Waals surface area contributed by atoms with Crippen molar-refractivity contribution in [2.45, 2.75) is 32.2 Å². The van der Waals surface area contributed by atoms with Gasteiger partial charge in [-0.15, -0.1) is 5.10 Å². The number of aromatic nitrogens is 4. The Morgan fingerprint density at radius 3 is 2.84 bits per heavy atom. The topological polar surface area (TPSA) is 69.6 Å². The summed E-state index contributed by atoms with van der Waals surface area (Å²) in [5, 5.41) is 11.8. The standard InChI is InChI=1S/C13H16FN5/c1-8(9-3-2-4-9)19-13(16-17-18-19)10-5-6-12(15)11(14)7-10/h5-9H,2-4,15H2,1H3. The number of tetrazole rings is 1. The fourth-order valence-electron chi connectivity index (χ4n) is 2.45. The molecule has 1 unspecified atom stereocenters. The number of hydrogen-bond acceptors (Lipinski definition) is 4. The molecule has 1 atom stereocenters. The first kappa shape index (κ1) is 12.1. The maximum Gasteiger partial charge on any atom is 0.182 e. The second-order valence-corrected chi connectivity index (χ2v) is 5.11. The van der Waals surface area contributed by atoms with E-state index in [2.05, 4.69) is 22.4 Å². The summed E-state index contributed by atoms with van der Waals surface area (Å²) in [4.78, 5) is 0. The van der Waals surface area contributed by atoms with Crippen LogP contribution in [0.5, 0.6) is 0 Å². The quantitative estimate of drug-likeness (QED) is 0.861. The number of rotatable bonds is 3. The number of nitrogen functional groups attached to an aromatic ring is 1. The first-order valence-corrected chi connectivity index (χ1v) is 6.50. The third-order valence-electron chi connectivity index (χ3n) is 3.97. The smallest absolute Gasteiger partial charge is 0.182 e. The molecule has 0 saturated heterocycles. The summed E-state index contributed by atoms with van der Waals surface area (Å²) in [6.07, 6.45) is 3.68. The Kier molecular flexibility index (Phi) is 2.93. The van der Waals surface area contributed by atoms with Crippen LogP contribution < -0.4 is 5.73 Å². The molecule has 3 rings (SSSR count). The van der Waals surface area contributed by atoms with Crippen molar-refractivity contribution in [2.24, 2.45) is 5.92 Å². The minimum atomic E-state index is -0.441. The molecule has 1 saturated carbocycles. The van der Waals surface area contributed by atoms with Gasteiger partial charge in [0.05, 0.1) is 11.7 Å². The lowest BCUT2D eigenvalue weighted by Gasteiger charge is -2.31. The number of anilines is 1. The summed E-state index contributed by atoms with van der Waals surface area (Å²) in [7, 11) is 0. The van der Waals surface area contributed by atoms with Gasteiger partial charge in [0.1, 0.15) is 5.82 Å². The third-order valence-corrected chi connectivity index (χ3v) is 3.97. The average Bonchev–Trinajstić information content (AvgIpc) is 2.79. The molecular weight excluding hydrogens is 245 g/mol. The Balaban J connectivity index is 1.96. The number of benzene rings is 1. The molecule has 0 bridgehead atoms. The highest BCUT2D eigenvalue weighted by molar-refractivity contribution is 5.59. The molecule has 1 fully saturated rings. The number of hydrogen-bond donors (Lipinski definition) is 1. The van der Waals surface area contributed by atoms with E-state index >= 15 is 0 Å². The average molecular weight is 261 g/mol. The zero-order chi connectivity index (χ0) is 13.4. The summed E-state index contributed by atoms with van der Waals surface area (Å²) in [6.45, 7) is 2.11. The van der Waals surface area contributed by atoms with E-state index in [-0.39, 0.29) is 11.7 Å². The molecule has 2 aromatic rings. The Morgan fingerprint density at radius 2 is 2.21 bits per heavy atom. The Labute approximate surface area is 110 Å². The molecule has 0 amide bonds. The van der Waals surface area contributed by atoms with Crippen LogP contribution in [0.2, 0.25) is 0 Å². The van der Waals surface area contributed by atoms with Crippen LogP contribution in [0.3, 0.4) is 0 Å². The Morgan fingerprint density at radius 1 is 1.42 bits per heavy atom. The maximum absolute atomic E-state index is 13.5. The Hall–Kier alpha value is -1.98. The van der Waals surface area contributed by atoms with E-state index in [0.29, 0.717) is 17.3 Å². The molecule has 1 aliphatic carbocycles. The van der Waals surface area contributed by atoms with E-state index < -0.39 is 5.82 Å². The van der Waals surface area contributed by atoms with Gasteiger partial charge in [0, 0.05) is 5.56 Å². The summed E-state index contributed by atoms with van der Waals surface area (Å²) in [6, 6.07) is 4.90. The van der Waals surface area contributed by atoms with Crippen molar-refractivity contribution in [3.05, 3.63) is 24.0 Å². The highest BCUT2D eigenvalue weighted by Crippen LogP contribution is 2.37. The number of halogens is 1. The van der Waals surface area contributed by atoms with Gasteiger partial charge in [-0.2, -0.15) is 0 Å². The zero-order valence-corrected chi connectivity index (χ0v) is 10.8. The molecule has 0 aliphatic heterocycles. The van der Waals surface area contributed by atoms with Gasteiger partial charge in [-0.25, -0.2) is 9.07 Å². The SMILES string of the molecule is CC(C1CCC1)n1nnnc1-c1ccc(N)c(F)c1.